The molecule has 0 bridgehead atoms. The minimum absolute atomic E-state index is 0.00277. The SMILES string of the molecule is O[C@H](/C=C/[C@@H]1[C@@H](CC2OCCO2)[C@@H](O)C[C@H]1O)COc1cccc(C(F)(F)F)c1. The van der Waals surface area contributed by atoms with E-state index in [4.69, 9.17) is 14.2 Å². The van der Waals surface area contributed by atoms with Crippen LogP contribution in [0.3, 0.4) is 0 Å². The van der Waals surface area contributed by atoms with Gasteiger partial charge in [-0.15, -0.1) is 0 Å². The summed E-state index contributed by atoms with van der Waals surface area (Å²) >= 11 is 0. The van der Waals surface area contributed by atoms with Crippen molar-refractivity contribution in [2.75, 3.05) is 19.8 Å². The predicted molar refractivity (Wildman–Crippen MR) is 96.0 cm³/mol. The van der Waals surface area contributed by atoms with Gasteiger partial charge in [0.15, 0.2) is 6.29 Å². The number of halogens is 3. The lowest BCUT2D eigenvalue weighted by molar-refractivity contribution is -0.137. The van der Waals surface area contributed by atoms with Crippen LogP contribution >= 0.6 is 0 Å². The molecule has 2 fully saturated rings. The minimum Gasteiger partial charge on any atom is -0.491 e. The zero-order chi connectivity index (χ0) is 21.0. The number of rotatable bonds is 7. The lowest BCUT2D eigenvalue weighted by Crippen LogP contribution is -2.26. The van der Waals surface area contributed by atoms with Gasteiger partial charge in [0.2, 0.25) is 0 Å². The quantitative estimate of drug-likeness (QED) is 0.588. The van der Waals surface area contributed by atoms with E-state index in [-0.39, 0.29) is 24.7 Å². The van der Waals surface area contributed by atoms with E-state index in [1.165, 1.54) is 18.2 Å². The molecule has 162 valence electrons. The van der Waals surface area contributed by atoms with E-state index in [1.807, 2.05) is 0 Å². The Morgan fingerprint density at radius 1 is 1.17 bits per heavy atom. The fraction of sp³-hybridized carbons (Fsp3) is 0.600. The molecule has 1 saturated heterocycles. The van der Waals surface area contributed by atoms with Crippen molar-refractivity contribution in [3.8, 4) is 5.75 Å². The lowest BCUT2D eigenvalue weighted by Gasteiger charge is -2.23. The second-order valence-electron chi connectivity index (χ2n) is 7.31. The number of ether oxygens (including phenoxy) is 3. The molecule has 6 nitrogen and oxygen atoms in total. The monoisotopic (exact) mass is 418 g/mol. The highest BCUT2D eigenvalue weighted by atomic mass is 19.4. The highest BCUT2D eigenvalue weighted by Crippen LogP contribution is 2.38. The lowest BCUT2D eigenvalue weighted by atomic mass is 9.89. The first-order valence-electron chi connectivity index (χ1n) is 9.50. The van der Waals surface area contributed by atoms with Gasteiger partial charge in [-0.1, -0.05) is 18.2 Å². The van der Waals surface area contributed by atoms with Gasteiger partial charge in [-0.2, -0.15) is 13.2 Å². The van der Waals surface area contributed by atoms with E-state index >= 15 is 0 Å². The summed E-state index contributed by atoms with van der Waals surface area (Å²) in [5.74, 6) is -0.695. The summed E-state index contributed by atoms with van der Waals surface area (Å²) in [7, 11) is 0. The second kappa shape index (κ2) is 9.44. The molecule has 1 aliphatic carbocycles. The molecule has 0 aromatic heterocycles. The zero-order valence-electron chi connectivity index (χ0n) is 15.7. The first-order valence-corrected chi connectivity index (χ1v) is 9.50. The van der Waals surface area contributed by atoms with Gasteiger partial charge in [0.25, 0.3) is 0 Å². The maximum Gasteiger partial charge on any atom is 0.416 e. The average Bonchev–Trinajstić information content (AvgIpc) is 3.27. The third-order valence-electron chi connectivity index (χ3n) is 5.21. The second-order valence-corrected chi connectivity index (χ2v) is 7.31. The van der Waals surface area contributed by atoms with Gasteiger partial charge in [0.05, 0.1) is 31.0 Å². The molecule has 3 N–H and O–H groups in total. The Balaban J connectivity index is 1.55. The summed E-state index contributed by atoms with van der Waals surface area (Å²) in [5, 5.41) is 30.5. The van der Waals surface area contributed by atoms with Crippen LogP contribution in [0.4, 0.5) is 13.2 Å². The van der Waals surface area contributed by atoms with Gasteiger partial charge < -0.3 is 29.5 Å². The Labute approximate surface area is 166 Å². The van der Waals surface area contributed by atoms with E-state index in [1.54, 1.807) is 6.08 Å². The molecular formula is C20H25F3O6. The Hall–Kier alpha value is -1.65. The van der Waals surface area contributed by atoms with Crippen LogP contribution in [0.5, 0.6) is 5.75 Å². The number of aliphatic hydroxyl groups excluding tert-OH is 3. The summed E-state index contributed by atoms with van der Waals surface area (Å²) in [6, 6.07) is 4.41. The third kappa shape index (κ3) is 5.93. The van der Waals surface area contributed by atoms with Crippen LogP contribution in [0.15, 0.2) is 36.4 Å². The highest BCUT2D eigenvalue weighted by Gasteiger charge is 2.42. The van der Waals surface area contributed by atoms with Crippen molar-refractivity contribution >= 4 is 0 Å². The molecular weight excluding hydrogens is 393 g/mol. The molecule has 3 rings (SSSR count). The van der Waals surface area contributed by atoms with E-state index in [0.29, 0.717) is 19.6 Å². The first-order chi connectivity index (χ1) is 13.7. The summed E-state index contributed by atoms with van der Waals surface area (Å²) in [6.07, 6.45) is -3.81. The average molecular weight is 418 g/mol. The molecule has 1 aromatic rings. The Bertz CT molecular complexity index is 689. The molecule has 1 aliphatic heterocycles. The minimum atomic E-state index is -4.47. The normalized spacial score (nSPS) is 29.6. The highest BCUT2D eigenvalue weighted by molar-refractivity contribution is 5.30. The molecule has 1 aromatic carbocycles. The van der Waals surface area contributed by atoms with E-state index < -0.39 is 42.3 Å². The topological polar surface area (TPSA) is 88.4 Å². The summed E-state index contributed by atoms with van der Waals surface area (Å²) in [4.78, 5) is 0. The maximum atomic E-state index is 12.7. The number of hydrogen-bond acceptors (Lipinski definition) is 6. The van der Waals surface area contributed by atoms with Crippen molar-refractivity contribution in [2.45, 2.75) is 43.6 Å². The van der Waals surface area contributed by atoms with Gasteiger partial charge in [-0.05, 0) is 24.1 Å². The Morgan fingerprint density at radius 2 is 1.90 bits per heavy atom. The molecule has 1 heterocycles. The Kier molecular flexibility index (Phi) is 7.18. The summed E-state index contributed by atoms with van der Waals surface area (Å²) in [6.45, 7) is 0.729. The smallest absolute Gasteiger partial charge is 0.416 e. The third-order valence-corrected chi connectivity index (χ3v) is 5.21. The fourth-order valence-corrected chi connectivity index (χ4v) is 3.73. The molecule has 0 radical (unpaired) electrons. The van der Waals surface area contributed by atoms with Crippen LogP contribution in [0, 0.1) is 11.8 Å². The van der Waals surface area contributed by atoms with E-state index in [0.717, 1.165) is 12.1 Å². The number of benzene rings is 1. The van der Waals surface area contributed by atoms with Gasteiger partial charge in [0.1, 0.15) is 18.5 Å². The van der Waals surface area contributed by atoms with Crippen LogP contribution in [-0.4, -0.2) is 59.7 Å². The molecule has 5 atom stereocenters. The fourth-order valence-electron chi connectivity index (χ4n) is 3.73. The van der Waals surface area contributed by atoms with E-state index in [9.17, 15) is 28.5 Å². The maximum absolute atomic E-state index is 12.7. The Morgan fingerprint density at radius 3 is 2.59 bits per heavy atom. The molecule has 0 unspecified atom stereocenters. The van der Waals surface area contributed by atoms with Crippen molar-refractivity contribution < 1.29 is 42.7 Å². The number of alkyl halides is 3. The number of aliphatic hydroxyl groups is 3. The first kappa shape index (κ1) is 22.0. The van der Waals surface area contributed by atoms with Crippen molar-refractivity contribution in [1.29, 1.82) is 0 Å². The largest absolute Gasteiger partial charge is 0.491 e. The molecule has 29 heavy (non-hydrogen) atoms. The summed E-state index contributed by atoms with van der Waals surface area (Å²) in [5.41, 5.74) is -0.831. The van der Waals surface area contributed by atoms with Crippen molar-refractivity contribution in [3.05, 3.63) is 42.0 Å². The van der Waals surface area contributed by atoms with Crippen LogP contribution in [0.2, 0.25) is 0 Å². The molecule has 9 heteroatoms. The standard InChI is InChI=1S/C20H25F3O6/c21-20(22,23)12-2-1-3-14(8-12)29-11-13(24)4-5-15-16(18(26)10-17(15)25)9-19-27-6-7-28-19/h1-5,8,13,15-19,24-26H,6-7,9-11H2/b5-4+/t13-,15-,16-,17-,18+/m1/s1. The van der Waals surface area contributed by atoms with Crippen LogP contribution in [-0.2, 0) is 15.7 Å². The zero-order valence-corrected chi connectivity index (χ0v) is 15.7. The van der Waals surface area contributed by atoms with Crippen LogP contribution in [0.25, 0.3) is 0 Å². The summed E-state index contributed by atoms with van der Waals surface area (Å²) < 4.78 is 54.3. The van der Waals surface area contributed by atoms with Gasteiger partial charge >= 0.3 is 6.18 Å². The van der Waals surface area contributed by atoms with Gasteiger partial charge in [-0.25, -0.2) is 0 Å². The molecule has 2 aliphatic rings. The van der Waals surface area contributed by atoms with Gasteiger partial charge in [0, 0.05) is 18.8 Å². The number of hydrogen-bond donors (Lipinski definition) is 3. The van der Waals surface area contributed by atoms with Crippen molar-refractivity contribution in [3.63, 3.8) is 0 Å². The van der Waals surface area contributed by atoms with E-state index in [2.05, 4.69) is 0 Å². The van der Waals surface area contributed by atoms with Crippen LogP contribution in [0.1, 0.15) is 18.4 Å². The molecule has 0 amide bonds. The predicted octanol–water partition coefficient (Wildman–Crippen LogP) is 2.12. The molecule has 1 saturated carbocycles. The van der Waals surface area contributed by atoms with Gasteiger partial charge in [-0.3, -0.25) is 0 Å². The molecule has 0 spiro atoms. The van der Waals surface area contributed by atoms with Crippen molar-refractivity contribution in [2.24, 2.45) is 11.8 Å². The van der Waals surface area contributed by atoms with Crippen molar-refractivity contribution in [1.82, 2.24) is 0 Å². The van der Waals surface area contributed by atoms with Crippen LogP contribution < -0.4 is 4.74 Å².